The van der Waals surface area contributed by atoms with Gasteiger partial charge in [0.2, 0.25) is 6.29 Å². The van der Waals surface area contributed by atoms with Gasteiger partial charge in [-0.15, -0.1) is 0 Å². The van der Waals surface area contributed by atoms with Gasteiger partial charge in [-0.3, -0.25) is 4.79 Å². The van der Waals surface area contributed by atoms with Crippen LogP contribution in [-0.4, -0.2) is 6.29 Å². The van der Waals surface area contributed by atoms with Gasteiger partial charge in [0.25, 0.3) is 0 Å². The molecule has 1 radical (unpaired) electrons. The maximum Gasteiger partial charge on any atom is 0.203 e. The summed E-state index contributed by atoms with van der Waals surface area (Å²) in [6.07, 6.45) is 2.30. The van der Waals surface area contributed by atoms with Crippen LogP contribution in [0.3, 0.4) is 0 Å². The average molecular weight is 169 g/mol. The normalized spacial score (nSPS) is 10.2. The highest BCUT2D eigenvalue weighted by Gasteiger charge is 1.98. The van der Waals surface area contributed by atoms with Crippen molar-refractivity contribution in [3.05, 3.63) is 48.0 Å². The van der Waals surface area contributed by atoms with Crippen molar-refractivity contribution in [1.82, 2.24) is 0 Å². The Bertz CT molecular complexity index is 427. The predicted molar refractivity (Wildman–Crippen MR) is 53.3 cm³/mol. The summed E-state index contributed by atoms with van der Waals surface area (Å²) in [5, 5.41) is 2.32. The van der Waals surface area contributed by atoms with Crippen LogP contribution in [0.25, 0.3) is 10.8 Å². The van der Waals surface area contributed by atoms with Crippen molar-refractivity contribution in [2.24, 2.45) is 0 Å². The lowest BCUT2D eigenvalue weighted by Crippen LogP contribution is -1.86. The second kappa shape index (κ2) is 3.40. The Morgan fingerprint density at radius 2 is 1.77 bits per heavy atom. The first kappa shape index (κ1) is 7.99. The van der Waals surface area contributed by atoms with Crippen LogP contribution in [0.15, 0.2) is 42.5 Å². The highest BCUT2D eigenvalue weighted by Crippen LogP contribution is 2.17. The molecule has 0 aliphatic carbocycles. The minimum absolute atomic E-state index is 0.376. The number of rotatable bonds is 2. The zero-order valence-electron chi connectivity index (χ0n) is 7.16. The summed E-state index contributed by atoms with van der Waals surface area (Å²) in [5.41, 5.74) is 1.05. The number of fused-ring (bicyclic) bond motifs is 1. The molecular weight excluding hydrogens is 160 g/mol. The van der Waals surface area contributed by atoms with Gasteiger partial charge in [-0.25, -0.2) is 0 Å². The van der Waals surface area contributed by atoms with Gasteiger partial charge in [0.15, 0.2) is 0 Å². The van der Waals surface area contributed by atoms with Crippen molar-refractivity contribution in [2.75, 3.05) is 0 Å². The molecule has 2 rings (SSSR count). The highest BCUT2D eigenvalue weighted by atomic mass is 16.1. The molecule has 0 heterocycles. The fourth-order valence-electron chi connectivity index (χ4n) is 1.52. The first-order chi connectivity index (χ1) is 6.42. The van der Waals surface area contributed by atoms with E-state index in [0.717, 1.165) is 10.9 Å². The fraction of sp³-hybridized carbons (Fsp3) is 0.0833. The molecule has 0 saturated carbocycles. The molecular formula is C12H9O. The van der Waals surface area contributed by atoms with Crippen molar-refractivity contribution in [1.29, 1.82) is 0 Å². The number of carbonyl (C=O) groups excluding carboxylic acids is 1. The Morgan fingerprint density at radius 3 is 2.62 bits per heavy atom. The van der Waals surface area contributed by atoms with Crippen LogP contribution in [0.1, 0.15) is 5.56 Å². The zero-order valence-corrected chi connectivity index (χ0v) is 7.16. The molecule has 63 valence electrons. The quantitative estimate of drug-likeness (QED) is 0.675. The van der Waals surface area contributed by atoms with Gasteiger partial charge < -0.3 is 0 Å². The van der Waals surface area contributed by atoms with E-state index >= 15 is 0 Å². The van der Waals surface area contributed by atoms with E-state index in [2.05, 4.69) is 0 Å². The maximum absolute atomic E-state index is 10.3. The van der Waals surface area contributed by atoms with E-state index in [-0.39, 0.29) is 0 Å². The van der Waals surface area contributed by atoms with Crippen LogP contribution in [0, 0.1) is 0 Å². The molecule has 1 nitrogen and oxygen atoms in total. The molecule has 2 aromatic carbocycles. The van der Waals surface area contributed by atoms with E-state index in [1.807, 2.05) is 48.8 Å². The van der Waals surface area contributed by atoms with Crippen molar-refractivity contribution >= 4 is 17.1 Å². The largest absolute Gasteiger partial charge is 0.291 e. The highest BCUT2D eigenvalue weighted by molar-refractivity contribution is 5.87. The van der Waals surface area contributed by atoms with Crippen LogP contribution in [0.5, 0.6) is 0 Å². The molecule has 13 heavy (non-hydrogen) atoms. The first-order valence-electron chi connectivity index (χ1n) is 4.23. The Hall–Kier alpha value is -1.63. The summed E-state index contributed by atoms with van der Waals surface area (Å²) in [5.74, 6) is 0. The third-order valence-corrected chi connectivity index (χ3v) is 2.14. The van der Waals surface area contributed by atoms with Gasteiger partial charge >= 0.3 is 0 Å². The molecule has 0 N–H and O–H groups in total. The molecule has 0 spiro atoms. The molecule has 0 amide bonds. The van der Waals surface area contributed by atoms with Gasteiger partial charge in [-0.1, -0.05) is 42.5 Å². The lowest BCUT2D eigenvalue weighted by atomic mass is 10.0. The summed E-state index contributed by atoms with van der Waals surface area (Å²) >= 11 is 0. The molecule has 2 aromatic rings. The number of hydrogen-bond acceptors (Lipinski definition) is 1. The Kier molecular flexibility index (Phi) is 2.09. The fourth-order valence-corrected chi connectivity index (χ4v) is 1.52. The van der Waals surface area contributed by atoms with Crippen molar-refractivity contribution in [3.8, 4) is 0 Å². The summed E-state index contributed by atoms with van der Waals surface area (Å²) in [4.78, 5) is 10.3. The van der Waals surface area contributed by atoms with Crippen LogP contribution in [0.2, 0.25) is 0 Å². The summed E-state index contributed by atoms with van der Waals surface area (Å²) < 4.78 is 0. The molecule has 1 heteroatoms. The smallest absolute Gasteiger partial charge is 0.203 e. The van der Waals surface area contributed by atoms with E-state index in [4.69, 9.17) is 0 Å². The second-order valence-electron chi connectivity index (χ2n) is 2.96. The first-order valence-corrected chi connectivity index (χ1v) is 4.23. The van der Waals surface area contributed by atoms with Crippen LogP contribution in [0.4, 0.5) is 0 Å². The van der Waals surface area contributed by atoms with Gasteiger partial charge in [-0.2, -0.15) is 0 Å². The van der Waals surface area contributed by atoms with Gasteiger partial charge in [0.05, 0.1) is 0 Å². The molecule has 0 atom stereocenters. The van der Waals surface area contributed by atoms with E-state index in [9.17, 15) is 4.79 Å². The van der Waals surface area contributed by atoms with Crippen LogP contribution in [-0.2, 0) is 11.2 Å². The third kappa shape index (κ3) is 1.45. The van der Waals surface area contributed by atoms with E-state index in [1.54, 1.807) is 0 Å². The Balaban J connectivity index is 2.68. The molecule has 0 fully saturated rings. The Morgan fingerprint density at radius 1 is 1.00 bits per heavy atom. The van der Waals surface area contributed by atoms with Crippen molar-refractivity contribution in [2.45, 2.75) is 6.42 Å². The second-order valence-corrected chi connectivity index (χ2v) is 2.96. The lowest BCUT2D eigenvalue weighted by molar-refractivity contribution is 0.555. The molecule has 0 saturated heterocycles. The van der Waals surface area contributed by atoms with Crippen molar-refractivity contribution in [3.63, 3.8) is 0 Å². The summed E-state index contributed by atoms with van der Waals surface area (Å²) in [6, 6.07) is 14.0. The summed E-state index contributed by atoms with van der Waals surface area (Å²) in [6.45, 7) is 0. The maximum atomic E-state index is 10.3. The monoisotopic (exact) mass is 169 g/mol. The van der Waals surface area contributed by atoms with E-state index in [1.165, 1.54) is 5.39 Å². The van der Waals surface area contributed by atoms with Crippen molar-refractivity contribution < 1.29 is 4.79 Å². The SMILES string of the molecule is O=[C]Cc1cccc2ccccc12. The van der Waals surface area contributed by atoms with Gasteiger partial charge in [0, 0.05) is 6.42 Å². The van der Waals surface area contributed by atoms with E-state index < -0.39 is 0 Å². The number of hydrogen-bond donors (Lipinski definition) is 0. The van der Waals surface area contributed by atoms with Gasteiger partial charge in [0.1, 0.15) is 0 Å². The minimum atomic E-state index is 0.376. The Labute approximate surface area is 77.0 Å². The topological polar surface area (TPSA) is 17.1 Å². The third-order valence-electron chi connectivity index (χ3n) is 2.14. The van der Waals surface area contributed by atoms with Gasteiger partial charge in [-0.05, 0) is 16.3 Å². The standard InChI is InChI=1S/C12H9O/c13-9-8-11-6-3-5-10-4-1-2-7-12(10)11/h1-7H,8H2. The lowest BCUT2D eigenvalue weighted by Gasteiger charge is -2.01. The predicted octanol–water partition coefficient (Wildman–Crippen LogP) is 2.49. The molecule has 0 bridgehead atoms. The molecule has 0 aliphatic rings. The van der Waals surface area contributed by atoms with Crippen LogP contribution >= 0.6 is 0 Å². The summed E-state index contributed by atoms with van der Waals surface area (Å²) in [7, 11) is 0. The zero-order chi connectivity index (χ0) is 9.10. The minimum Gasteiger partial charge on any atom is -0.291 e. The van der Waals surface area contributed by atoms with Crippen LogP contribution < -0.4 is 0 Å². The van der Waals surface area contributed by atoms with E-state index in [0.29, 0.717) is 6.42 Å². The molecule has 0 unspecified atom stereocenters. The average Bonchev–Trinajstić information content (AvgIpc) is 2.19. The number of benzene rings is 2. The molecule has 0 aromatic heterocycles. The molecule has 0 aliphatic heterocycles.